The van der Waals surface area contributed by atoms with E-state index in [4.69, 9.17) is 4.74 Å². The topological polar surface area (TPSA) is 81.1 Å². The second-order valence-electron chi connectivity index (χ2n) is 8.46. The number of nitrogens with zero attached hydrogens (tertiary/aromatic N) is 3. The fraction of sp³-hybridized carbons (Fsp3) is 0.222. The van der Waals surface area contributed by atoms with Crippen molar-refractivity contribution in [3.05, 3.63) is 89.5 Å². The molecule has 0 bridgehead atoms. The molecule has 1 aromatic heterocycles. The Balaban J connectivity index is 1.50. The highest BCUT2D eigenvalue weighted by atomic mass is 32.2. The quantitative estimate of drug-likeness (QED) is 0.383. The van der Waals surface area contributed by atoms with Crippen LogP contribution in [0, 0.1) is 13.8 Å². The maximum Gasteiger partial charge on any atom is 0.240 e. The Morgan fingerprint density at radius 2 is 1.83 bits per heavy atom. The van der Waals surface area contributed by atoms with Crippen molar-refractivity contribution in [2.45, 2.75) is 37.2 Å². The Morgan fingerprint density at radius 3 is 2.54 bits per heavy atom. The van der Waals surface area contributed by atoms with Gasteiger partial charge in [0.15, 0.2) is 5.82 Å². The van der Waals surface area contributed by atoms with Gasteiger partial charge in [-0.2, -0.15) is 0 Å². The molecule has 5 rings (SSSR count). The molecule has 3 aromatic carbocycles. The maximum atomic E-state index is 13.6. The minimum Gasteiger partial charge on any atom is -0.494 e. The number of benzene rings is 3. The number of hydrogen-bond acceptors (Lipinski definition) is 6. The molecule has 178 valence electrons. The number of rotatable bonds is 6. The summed E-state index contributed by atoms with van der Waals surface area (Å²) in [6.45, 7) is 6.60. The van der Waals surface area contributed by atoms with Crippen LogP contribution in [0.1, 0.15) is 29.7 Å². The van der Waals surface area contributed by atoms with Crippen LogP contribution in [0.3, 0.4) is 0 Å². The summed E-state index contributed by atoms with van der Waals surface area (Å²) in [5.74, 6) is 1.41. The molecule has 0 spiro atoms. The summed E-state index contributed by atoms with van der Waals surface area (Å²) in [4.78, 5) is 13.6. The summed E-state index contributed by atoms with van der Waals surface area (Å²) >= 11 is 1.41. The molecule has 7 nitrogen and oxygen atoms in total. The lowest BCUT2D eigenvalue weighted by Gasteiger charge is -2.33. The van der Waals surface area contributed by atoms with Crippen LogP contribution in [-0.2, 0) is 4.79 Å². The van der Waals surface area contributed by atoms with Crippen molar-refractivity contribution >= 4 is 23.4 Å². The highest BCUT2D eigenvalue weighted by molar-refractivity contribution is 8.00. The molecule has 0 unspecified atom stereocenters. The van der Waals surface area contributed by atoms with Gasteiger partial charge >= 0.3 is 0 Å². The zero-order valence-corrected chi connectivity index (χ0v) is 20.7. The predicted octanol–water partition coefficient (Wildman–Crippen LogP) is 5.36. The summed E-state index contributed by atoms with van der Waals surface area (Å²) < 4.78 is 7.49. The number of aromatic nitrogens is 3. The van der Waals surface area contributed by atoms with E-state index in [2.05, 4.69) is 27.0 Å². The lowest BCUT2D eigenvalue weighted by Crippen LogP contribution is -2.41. The average molecular weight is 486 g/mol. The van der Waals surface area contributed by atoms with Crippen LogP contribution in [0.25, 0.3) is 11.4 Å². The lowest BCUT2D eigenvalue weighted by atomic mass is 10.0. The first-order chi connectivity index (χ1) is 17.0. The van der Waals surface area contributed by atoms with Crippen LogP contribution in [0.5, 0.6) is 5.75 Å². The molecule has 0 saturated carbocycles. The van der Waals surface area contributed by atoms with Gasteiger partial charge in [0, 0.05) is 11.3 Å². The molecule has 0 fully saturated rings. The minimum absolute atomic E-state index is 0.0937. The first kappa shape index (κ1) is 23.0. The van der Waals surface area contributed by atoms with E-state index in [0.717, 1.165) is 33.7 Å². The number of ether oxygens (including phenoxy) is 1. The molecular weight excluding hydrogens is 458 g/mol. The van der Waals surface area contributed by atoms with Gasteiger partial charge in [0.05, 0.1) is 12.6 Å². The van der Waals surface area contributed by atoms with Crippen LogP contribution in [0.4, 0.5) is 5.69 Å². The molecule has 2 heterocycles. The molecule has 2 atom stereocenters. The van der Waals surface area contributed by atoms with E-state index >= 15 is 0 Å². The molecule has 8 heteroatoms. The normalized spacial score (nSPS) is 16.8. The van der Waals surface area contributed by atoms with Crippen LogP contribution in [0.2, 0.25) is 0 Å². The lowest BCUT2D eigenvalue weighted by molar-refractivity contribution is -0.116. The molecule has 0 saturated heterocycles. The molecule has 1 aliphatic rings. The van der Waals surface area contributed by atoms with E-state index in [1.165, 1.54) is 11.8 Å². The van der Waals surface area contributed by atoms with Gasteiger partial charge in [-0.15, -0.1) is 10.2 Å². The third-order valence-corrected chi connectivity index (χ3v) is 7.13. The number of amides is 1. The standard InChI is InChI=1S/C27H27N5O2S/c1-4-34-21-13-11-19(12-14-21)23-24(26(33)28-22-15-10-17(2)16-18(22)3)35-27-30-29-25(32(27)31-23)20-8-6-5-7-9-20/h5-16,23-24,31H,4H2,1-3H3,(H,28,33)/t23-,24-/m1/s1. The van der Waals surface area contributed by atoms with Gasteiger partial charge in [-0.3, -0.25) is 4.79 Å². The summed E-state index contributed by atoms with van der Waals surface area (Å²) in [5, 5.41) is 12.1. The van der Waals surface area contributed by atoms with Gasteiger partial charge in [-0.05, 0) is 50.1 Å². The predicted molar refractivity (Wildman–Crippen MR) is 139 cm³/mol. The fourth-order valence-electron chi connectivity index (χ4n) is 4.18. The maximum absolute atomic E-state index is 13.6. The highest BCUT2D eigenvalue weighted by Gasteiger charge is 2.38. The Kier molecular flexibility index (Phi) is 6.46. The van der Waals surface area contributed by atoms with Gasteiger partial charge in [0.25, 0.3) is 0 Å². The van der Waals surface area contributed by atoms with Crippen molar-refractivity contribution in [2.75, 3.05) is 17.3 Å². The molecular formula is C27H27N5O2S. The van der Waals surface area contributed by atoms with Crippen molar-refractivity contribution in [3.63, 3.8) is 0 Å². The van der Waals surface area contributed by atoms with E-state index in [0.29, 0.717) is 17.6 Å². The van der Waals surface area contributed by atoms with Crippen LogP contribution < -0.4 is 15.5 Å². The zero-order valence-electron chi connectivity index (χ0n) is 19.9. The van der Waals surface area contributed by atoms with Gasteiger partial charge in [0.2, 0.25) is 11.1 Å². The number of carbonyl (C=O) groups excluding carboxylic acids is 1. The number of aryl methyl sites for hydroxylation is 2. The van der Waals surface area contributed by atoms with Gasteiger partial charge in [-0.25, -0.2) is 4.68 Å². The van der Waals surface area contributed by atoms with Crippen LogP contribution in [-0.4, -0.2) is 32.6 Å². The largest absolute Gasteiger partial charge is 0.494 e. The van der Waals surface area contributed by atoms with E-state index < -0.39 is 5.25 Å². The Hall–Kier alpha value is -3.78. The van der Waals surface area contributed by atoms with E-state index in [-0.39, 0.29) is 11.9 Å². The third kappa shape index (κ3) is 4.74. The van der Waals surface area contributed by atoms with E-state index in [1.807, 2.05) is 92.2 Å². The van der Waals surface area contributed by atoms with Crippen LogP contribution in [0.15, 0.2) is 78.0 Å². The van der Waals surface area contributed by atoms with Gasteiger partial charge in [0.1, 0.15) is 11.0 Å². The van der Waals surface area contributed by atoms with E-state index in [9.17, 15) is 4.79 Å². The second-order valence-corrected chi connectivity index (χ2v) is 9.57. The molecule has 2 N–H and O–H groups in total. The monoisotopic (exact) mass is 485 g/mol. The molecule has 0 radical (unpaired) electrons. The van der Waals surface area contributed by atoms with Crippen molar-refractivity contribution in [2.24, 2.45) is 0 Å². The number of hydrogen-bond donors (Lipinski definition) is 2. The van der Waals surface area contributed by atoms with Crippen LogP contribution >= 0.6 is 11.8 Å². The Bertz CT molecular complexity index is 1340. The van der Waals surface area contributed by atoms with Crippen molar-refractivity contribution in [1.29, 1.82) is 0 Å². The molecule has 1 aliphatic heterocycles. The zero-order chi connectivity index (χ0) is 24.4. The third-order valence-electron chi connectivity index (χ3n) is 5.92. The summed E-state index contributed by atoms with van der Waals surface area (Å²) in [6, 6.07) is 23.5. The SMILES string of the molecule is CCOc1ccc([C@H]2Nn3c(nnc3-c3ccccc3)S[C@H]2C(=O)Nc2ccc(C)cc2C)cc1. The second kappa shape index (κ2) is 9.84. The number of anilines is 1. The van der Waals surface area contributed by atoms with E-state index in [1.54, 1.807) is 0 Å². The Morgan fingerprint density at radius 1 is 1.06 bits per heavy atom. The van der Waals surface area contributed by atoms with Gasteiger partial charge in [-0.1, -0.05) is 71.9 Å². The van der Waals surface area contributed by atoms with Crippen molar-refractivity contribution in [3.8, 4) is 17.1 Å². The first-order valence-electron chi connectivity index (χ1n) is 11.6. The summed E-state index contributed by atoms with van der Waals surface area (Å²) in [5.41, 5.74) is 8.43. The minimum atomic E-state index is -0.464. The molecule has 4 aromatic rings. The molecule has 1 amide bonds. The highest BCUT2D eigenvalue weighted by Crippen LogP contribution is 2.39. The fourth-order valence-corrected chi connectivity index (χ4v) is 5.25. The van der Waals surface area contributed by atoms with Gasteiger partial charge < -0.3 is 15.5 Å². The summed E-state index contributed by atoms with van der Waals surface area (Å²) in [7, 11) is 0. The average Bonchev–Trinajstić information content (AvgIpc) is 3.29. The van der Waals surface area contributed by atoms with Crippen molar-refractivity contribution < 1.29 is 9.53 Å². The summed E-state index contributed by atoms with van der Waals surface area (Å²) in [6.07, 6.45) is 0. The number of fused-ring (bicyclic) bond motifs is 1. The number of thioether (sulfide) groups is 1. The smallest absolute Gasteiger partial charge is 0.240 e. The Labute approximate surface area is 208 Å². The molecule has 35 heavy (non-hydrogen) atoms. The molecule has 0 aliphatic carbocycles. The number of nitrogens with one attached hydrogen (secondary N) is 2. The van der Waals surface area contributed by atoms with Crippen molar-refractivity contribution in [1.82, 2.24) is 14.9 Å². The first-order valence-corrected chi connectivity index (χ1v) is 12.5. The number of carbonyl (C=O) groups is 1.